The molecule has 0 fully saturated rings. The van der Waals surface area contributed by atoms with Gasteiger partial charge in [0.1, 0.15) is 16.6 Å². The number of hydrogen-bond donors (Lipinski definition) is 1. The summed E-state index contributed by atoms with van der Waals surface area (Å²) in [6, 6.07) is 11.5. The van der Waals surface area contributed by atoms with Gasteiger partial charge in [0.15, 0.2) is 0 Å². The van der Waals surface area contributed by atoms with Gasteiger partial charge in [-0.1, -0.05) is 12.1 Å². The van der Waals surface area contributed by atoms with Crippen LogP contribution in [-0.4, -0.2) is 23.0 Å². The maximum absolute atomic E-state index is 12.1. The van der Waals surface area contributed by atoms with Gasteiger partial charge in [-0.3, -0.25) is 9.78 Å². The SMILES string of the molecule is COc1ccc(CCC(=O)Nc2csc(-c3ccncc3)n2)cc1. The van der Waals surface area contributed by atoms with E-state index in [0.29, 0.717) is 18.7 Å². The summed E-state index contributed by atoms with van der Waals surface area (Å²) >= 11 is 1.50. The van der Waals surface area contributed by atoms with Crippen molar-refractivity contribution in [3.05, 3.63) is 59.7 Å². The van der Waals surface area contributed by atoms with Crippen LogP contribution in [0.5, 0.6) is 5.75 Å². The molecule has 3 rings (SSSR count). The number of benzene rings is 1. The number of rotatable bonds is 6. The number of amides is 1. The van der Waals surface area contributed by atoms with Crippen LogP contribution < -0.4 is 10.1 Å². The number of carbonyl (C=O) groups excluding carboxylic acids is 1. The first kappa shape index (κ1) is 16.1. The van der Waals surface area contributed by atoms with Crippen molar-refractivity contribution >= 4 is 23.1 Å². The van der Waals surface area contributed by atoms with E-state index in [1.165, 1.54) is 11.3 Å². The van der Waals surface area contributed by atoms with Gasteiger partial charge >= 0.3 is 0 Å². The molecule has 3 aromatic rings. The van der Waals surface area contributed by atoms with E-state index in [0.717, 1.165) is 21.9 Å². The second kappa shape index (κ2) is 7.70. The van der Waals surface area contributed by atoms with E-state index in [4.69, 9.17) is 4.74 Å². The lowest BCUT2D eigenvalue weighted by molar-refractivity contribution is -0.116. The second-order valence-corrected chi connectivity index (χ2v) is 6.03. The standard InChI is InChI=1S/C18H17N3O2S/c1-23-15-5-2-13(3-6-15)4-7-17(22)20-16-12-24-18(21-16)14-8-10-19-11-9-14/h2-3,5-6,8-12H,4,7H2,1H3,(H,20,22). The van der Waals surface area contributed by atoms with E-state index in [9.17, 15) is 4.79 Å². The van der Waals surface area contributed by atoms with Gasteiger partial charge < -0.3 is 10.1 Å². The second-order valence-electron chi connectivity index (χ2n) is 5.17. The average molecular weight is 339 g/mol. The number of aryl methyl sites for hydroxylation is 1. The molecule has 0 saturated carbocycles. The summed E-state index contributed by atoms with van der Waals surface area (Å²) in [5.41, 5.74) is 2.09. The van der Waals surface area contributed by atoms with Crippen molar-refractivity contribution in [3.8, 4) is 16.3 Å². The molecule has 0 aliphatic carbocycles. The number of hydrogen-bond acceptors (Lipinski definition) is 5. The summed E-state index contributed by atoms with van der Waals surface area (Å²) < 4.78 is 5.12. The number of ether oxygens (including phenoxy) is 1. The first-order chi connectivity index (χ1) is 11.7. The molecule has 0 aliphatic heterocycles. The van der Waals surface area contributed by atoms with Crippen molar-refractivity contribution in [2.45, 2.75) is 12.8 Å². The van der Waals surface area contributed by atoms with Crippen molar-refractivity contribution in [2.24, 2.45) is 0 Å². The third-order valence-electron chi connectivity index (χ3n) is 3.50. The Labute approximate surface area is 144 Å². The molecular weight excluding hydrogens is 322 g/mol. The summed E-state index contributed by atoms with van der Waals surface area (Å²) in [6.45, 7) is 0. The third-order valence-corrected chi connectivity index (χ3v) is 4.39. The monoisotopic (exact) mass is 339 g/mol. The van der Waals surface area contributed by atoms with E-state index in [1.807, 2.05) is 41.8 Å². The predicted molar refractivity (Wildman–Crippen MR) is 95.3 cm³/mol. The van der Waals surface area contributed by atoms with Gasteiger partial charge in [0, 0.05) is 29.8 Å². The van der Waals surface area contributed by atoms with E-state index >= 15 is 0 Å². The lowest BCUT2D eigenvalue weighted by atomic mass is 10.1. The molecule has 0 radical (unpaired) electrons. The maximum atomic E-state index is 12.1. The number of carbonyl (C=O) groups is 1. The first-order valence-electron chi connectivity index (χ1n) is 7.53. The number of pyridine rings is 1. The lowest BCUT2D eigenvalue weighted by Crippen LogP contribution is -2.12. The van der Waals surface area contributed by atoms with Crippen LogP contribution in [0.3, 0.4) is 0 Å². The Morgan fingerprint density at radius 2 is 1.92 bits per heavy atom. The zero-order valence-electron chi connectivity index (χ0n) is 13.2. The van der Waals surface area contributed by atoms with Crippen molar-refractivity contribution in [1.29, 1.82) is 0 Å². The third kappa shape index (κ3) is 4.17. The fourth-order valence-electron chi connectivity index (χ4n) is 2.21. The molecule has 1 aromatic carbocycles. The Balaban J connectivity index is 1.54. The molecule has 0 atom stereocenters. The molecule has 122 valence electrons. The van der Waals surface area contributed by atoms with E-state index in [2.05, 4.69) is 15.3 Å². The van der Waals surface area contributed by atoms with Gasteiger partial charge in [-0.15, -0.1) is 11.3 Å². The van der Waals surface area contributed by atoms with Crippen molar-refractivity contribution in [1.82, 2.24) is 9.97 Å². The molecule has 6 heteroatoms. The Morgan fingerprint density at radius 3 is 2.62 bits per heavy atom. The Kier molecular flexibility index (Phi) is 5.18. The molecule has 0 saturated heterocycles. The van der Waals surface area contributed by atoms with Crippen LogP contribution >= 0.6 is 11.3 Å². The lowest BCUT2D eigenvalue weighted by Gasteiger charge is -2.04. The van der Waals surface area contributed by atoms with Gasteiger partial charge in [0.05, 0.1) is 7.11 Å². The van der Waals surface area contributed by atoms with Crippen LogP contribution in [0.15, 0.2) is 54.2 Å². The van der Waals surface area contributed by atoms with Crippen molar-refractivity contribution in [3.63, 3.8) is 0 Å². The fraction of sp³-hybridized carbons (Fsp3) is 0.167. The molecule has 1 amide bonds. The molecule has 0 spiro atoms. The van der Waals surface area contributed by atoms with Crippen LogP contribution in [-0.2, 0) is 11.2 Å². The fourth-order valence-corrected chi connectivity index (χ4v) is 2.97. The highest BCUT2D eigenvalue weighted by Crippen LogP contribution is 2.25. The van der Waals surface area contributed by atoms with Crippen molar-refractivity contribution in [2.75, 3.05) is 12.4 Å². The summed E-state index contributed by atoms with van der Waals surface area (Å²) in [7, 11) is 1.64. The molecule has 0 unspecified atom stereocenters. The summed E-state index contributed by atoms with van der Waals surface area (Å²) in [5, 5.41) is 5.56. The van der Waals surface area contributed by atoms with E-state index < -0.39 is 0 Å². The summed E-state index contributed by atoms with van der Waals surface area (Å²) in [6.07, 6.45) is 4.54. The molecule has 0 aliphatic rings. The molecule has 1 N–H and O–H groups in total. The highest BCUT2D eigenvalue weighted by molar-refractivity contribution is 7.13. The summed E-state index contributed by atoms with van der Waals surface area (Å²) in [5.74, 6) is 1.36. The smallest absolute Gasteiger partial charge is 0.225 e. The largest absolute Gasteiger partial charge is 0.497 e. The van der Waals surface area contributed by atoms with Crippen LogP contribution in [0.25, 0.3) is 10.6 Å². The normalized spacial score (nSPS) is 10.4. The van der Waals surface area contributed by atoms with Crippen LogP contribution in [0, 0.1) is 0 Å². The number of aromatic nitrogens is 2. The maximum Gasteiger partial charge on any atom is 0.225 e. The molecule has 2 aromatic heterocycles. The zero-order valence-corrected chi connectivity index (χ0v) is 14.0. The van der Waals surface area contributed by atoms with Gasteiger partial charge in [-0.05, 0) is 36.2 Å². The molecule has 0 bridgehead atoms. The minimum Gasteiger partial charge on any atom is -0.497 e. The van der Waals surface area contributed by atoms with E-state index in [1.54, 1.807) is 19.5 Å². The topological polar surface area (TPSA) is 64.1 Å². The quantitative estimate of drug-likeness (QED) is 0.742. The molecule has 5 nitrogen and oxygen atoms in total. The van der Waals surface area contributed by atoms with Gasteiger partial charge in [-0.25, -0.2) is 4.98 Å². The average Bonchev–Trinajstić information content (AvgIpc) is 3.09. The minimum absolute atomic E-state index is 0.0441. The predicted octanol–water partition coefficient (Wildman–Crippen LogP) is 3.79. The minimum atomic E-state index is -0.0441. The van der Waals surface area contributed by atoms with Crippen molar-refractivity contribution < 1.29 is 9.53 Å². The molecule has 2 heterocycles. The highest BCUT2D eigenvalue weighted by atomic mass is 32.1. The number of nitrogens with zero attached hydrogens (tertiary/aromatic N) is 2. The van der Waals surface area contributed by atoms with Crippen LogP contribution in [0.2, 0.25) is 0 Å². The summed E-state index contributed by atoms with van der Waals surface area (Å²) in [4.78, 5) is 20.5. The van der Waals surface area contributed by atoms with Gasteiger partial charge in [0.25, 0.3) is 0 Å². The Bertz CT molecular complexity index is 801. The number of anilines is 1. The van der Waals surface area contributed by atoms with E-state index in [-0.39, 0.29) is 5.91 Å². The molecular formula is C18H17N3O2S. The first-order valence-corrected chi connectivity index (χ1v) is 8.41. The number of thiazole rings is 1. The Hall–Kier alpha value is -2.73. The number of methoxy groups -OCH3 is 1. The number of nitrogens with one attached hydrogen (secondary N) is 1. The Morgan fingerprint density at radius 1 is 1.17 bits per heavy atom. The highest BCUT2D eigenvalue weighted by Gasteiger charge is 2.08. The van der Waals surface area contributed by atoms with Crippen LogP contribution in [0.1, 0.15) is 12.0 Å². The van der Waals surface area contributed by atoms with Gasteiger partial charge in [0.2, 0.25) is 5.91 Å². The zero-order chi connectivity index (χ0) is 16.8. The molecule has 24 heavy (non-hydrogen) atoms. The van der Waals surface area contributed by atoms with Gasteiger partial charge in [-0.2, -0.15) is 0 Å². The van der Waals surface area contributed by atoms with Crippen LogP contribution in [0.4, 0.5) is 5.82 Å².